The Morgan fingerprint density at radius 2 is 0.485 bits per heavy atom. The van der Waals surface area contributed by atoms with Gasteiger partial charge in [0.25, 0.3) is 0 Å². The molecule has 0 rings (SSSR count). The smallest absolute Gasteiger partial charge is 0.876 e. The van der Waals surface area contributed by atoms with E-state index >= 15 is 0 Å². The van der Waals surface area contributed by atoms with Gasteiger partial charge in [0.05, 0.1) is 0 Å². The SMILES string of the molecule is C=C([O-])C(CC)CC.C=C([O-])C(CC)CC.C=C([O-])C(CC)CC.C=C([O-])C(CC)CC.[Ti+4]. The zero-order valence-corrected chi connectivity index (χ0v) is 24.5. The van der Waals surface area contributed by atoms with Gasteiger partial charge in [-0.25, -0.2) is 0 Å². The van der Waals surface area contributed by atoms with E-state index in [0.29, 0.717) is 0 Å². The van der Waals surface area contributed by atoms with Gasteiger partial charge < -0.3 is 20.4 Å². The number of allylic oxidation sites excluding steroid dienone is 4. The van der Waals surface area contributed by atoms with Crippen molar-refractivity contribution < 1.29 is 42.1 Å². The summed E-state index contributed by atoms with van der Waals surface area (Å²) in [5.74, 6) is 1.13. The molecule has 0 atom stereocenters. The fourth-order valence-electron chi connectivity index (χ4n) is 2.98. The van der Waals surface area contributed by atoms with Crippen LogP contribution in [0.25, 0.3) is 0 Å². The average molecular weight is 501 g/mol. The van der Waals surface area contributed by atoms with Gasteiger partial charge in [-0.1, -0.05) is 107 Å². The fourth-order valence-corrected chi connectivity index (χ4v) is 2.98. The molecule has 0 heterocycles. The molecule has 0 radical (unpaired) electrons. The maximum absolute atomic E-state index is 10.5. The van der Waals surface area contributed by atoms with E-state index in [4.69, 9.17) is 0 Å². The molecule has 0 aliphatic carbocycles. The summed E-state index contributed by atoms with van der Waals surface area (Å²) in [6, 6.07) is 0. The molecule has 0 bridgehead atoms. The molecule has 4 nitrogen and oxygen atoms in total. The van der Waals surface area contributed by atoms with E-state index in [1.807, 2.05) is 55.4 Å². The number of hydrogen-bond donors (Lipinski definition) is 0. The largest absolute Gasteiger partial charge is 4.00 e. The van der Waals surface area contributed by atoms with Crippen LogP contribution < -0.4 is 20.4 Å². The number of hydrogen-bond acceptors (Lipinski definition) is 4. The summed E-state index contributed by atoms with van der Waals surface area (Å²) < 4.78 is 0. The quantitative estimate of drug-likeness (QED) is 0.273. The molecule has 0 aliphatic rings. The van der Waals surface area contributed by atoms with Crippen LogP contribution in [-0.2, 0) is 21.7 Å². The summed E-state index contributed by atoms with van der Waals surface area (Å²) in [4.78, 5) is 0. The Labute approximate surface area is 221 Å². The van der Waals surface area contributed by atoms with Gasteiger partial charge in [-0.05, 0) is 23.7 Å². The van der Waals surface area contributed by atoms with E-state index in [1.54, 1.807) is 0 Å². The maximum atomic E-state index is 10.5. The Morgan fingerprint density at radius 1 is 0.394 bits per heavy atom. The molecule has 0 aromatic heterocycles. The van der Waals surface area contributed by atoms with E-state index in [2.05, 4.69) is 26.3 Å². The minimum atomic E-state index is 0. The first-order valence-electron chi connectivity index (χ1n) is 12.3. The zero-order valence-electron chi connectivity index (χ0n) is 22.9. The summed E-state index contributed by atoms with van der Waals surface area (Å²) in [5.41, 5.74) is 0. The van der Waals surface area contributed by atoms with Crippen LogP contribution in [0, 0.1) is 23.7 Å². The van der Waals surface area contributed by atoms with Crippen molar-refractivity contribution in [2.45, 2.75) is 107 Å². The third kappa shape index (κ3) is 27.0. The molecule has 0 spiro atoms. The van der Waals surface area contributed by atoms with Crippen molar-refractivity contribution in [3.05, 3.63) is 49.4 Å². The molecule has 0 aliphatic heterocycles. The Kier molecular flexibility index (Phi) is 36.9. The Bertz CT molecular complexity index is 384. The minimum absolute atomic E-state index is 0. The molecule has 33 heavy (non-hydrogen) atoms. The molecule has 0 saturated carbocycles. The second-order valence-electron chi connectivity index (χ2n) is 7.92. The first-order chi connectivity index (χ1) is 14.9. The monoisotopic (exact) mass is 500 g/mol. The van der Waals surface area contributed by atoms with Gasteiger partial charge in [-0.2, -0.15) is 0 Å². The van der Waals surface area contributed by atoms with Crippen molar-refractivity contribution in [3.8, 4) is 0 Å². The van der Waals surface area contributed by atoms with Crippen LogP contribution in [0.1, 0.15) is 107 Å². The van der Waals surface area contributed by atoms with E-state index in [1.165, 1.54) is 0 Å². The molecule has 0 aromatic rings. The standard InChI is InChI=1S/4C7H14O.Ti/c4*1-4-7(5-2)6(3)8;/h4*7-8H,3-5H2,1-2H3;/q;;;;+4/p-4. The summed E-state index contributed by atoms with van der Waals surface area (Å²) in [6.07, 6.45) is 7.44. The molecule has 0 unspecified atom stereocenters. The molecule has 192 valence electrons. The summed E-state index contributed by atoms with van der Waals surface area (Å²) in [5, 5.41) is 42.0. The zero-order chi connectivity index (χ0) is 26.3. The van der Waals surface area contributed by atoms with Gasteiger partial charge in [0.15, 0.2) is 0 Å². The Balaban J connectivity index is -0.000000105. The molecule has 0 aromatic carbocycles. The van der Waals surface area contributed by atoms with E-state index in [9.17, 15) is 20.4 Å². The number of rotatable bonds is 12. The van der Waals surface area contributed by atoms with Crippen LogP contribution in [0.2, 0.25) is 0 Å². The van der Waals surface area contributed by atoms with Crippen LogP contribution in [0.5, 0.6) is 0 Å². The van der Waals surface area contributed by atoms with Crippen LogP contribution in [0.15, 0.2) is 49.4 Å². The van der Waals surface area contributed by atoms with Gasteiger partial charge in [-0.3, -0.25) is 0 Å². The van der Waals surface area contributed by atoms with Crippen molar-refractivity contribution >= 4 is 0 Å². The van der Waals surface area contributed by atoms with Crippen LogP contribution in [-0.4, -0.2) is 0 Å². The molecular weight excluding hydrogens is 448 g/mol. The molecule has 0 amide bonds. The third-order valence-electron chi connectivity index (χ3n) is 5.76. The molecule has 5 heteroatoms. The third-order valence-corrected chi connectivity index (χ3v) is 5.76. The van der Waals surface area contributed by atoms with Gasteiger partial charge in [0, 0.05) is 0 Å². The van der Waals surface area contributed by atoms with Crippen molar-refractivity contribution in [1.82, 2.24) is 0 Å². The van der Waals surface area contributed by atoms with E-state index in [0.717, 1.165) is 51.4 Å². The first kappa shape index (κ1) is 42.1. The summed E-state index contributed by atoms with van der Waals surface area (Å²) in [6.45, 7) is 29.5. The predicted molar refractivity (Wildman–Crippen MR) is 133 cm³/mol. The maximum Gasteiger partial charge on any atom is 4.00 e. The second kappa shape index (κ2) is 28.9. The predicted octanol–water partition coefficient (Wildman–Crippen LogP) is 5.18. The molecule has 0 saturated heterocycles. The summed E-state index contributed by atoms with van der Waals surface area (Å²) >= 11 is 0. The van der Waals surface area contributed by atoms with E-state index < -0.39 is 0 Å². The first-order valence-corrected chi connectivity index (χ1v) is 12.3. The van der Waals surface area contributed by atoms with Crippen molar-refractivity contribution in [2.24, 2.45) is 23.7 Å². The fraction of sp³-hybridized carbons (Fsp3) is 0.714. The summed E-state index contributed by atoms with van der Waals surface area (Å²) in [7, 11) is 0. The van der Waals surface area contributed by atoms with Crippen molar-refractivity contribution in [1.29, 1.82) is 0 Å². The minimum Gasteiger partial charge on any atom is -0.876 e. The molecular formula is C28H52O4Ti. The Morgan fingerprint density at radius 3 is 0.485 bits per heavy atom. The van der Waals surface area contributed by atoms with Crippen molar-refractivity contribution in [2.75, 3.05) is 0 Å². The molecule has 0 N–H and O–H groups in total. The van der Waals surface area contributed by atoms with Gasteiger partial charge in [0.2, 0.25) is 0 Å². The normalized spacial score (nSPS) is 9.58. The molecule has 0 fully saturated rings. The van der Waals surface area contributed by atoms with E-state index in [-0.39, 0.29) is 68.4 Å². The van der Waals surface area contributed by atoms with Gasteiger partial charge in [0.1, 0.15) is 0 Å². The second-order valence-corrected chi connectivity index (χ2v) is 7.92. The average Bonchev–Trinajstić information content (AvgIpc) is 2.72. The van der Waals surface area contributed by atoms with Crippen LogP contribution in [0.3, 0.4) is 0 Å². The van der Waals surface area contributed by atoms with Crippen LogP contribution in [0.4, 0.5) is 0 Å². The van der Waals surface area contributed by atoms with Crippen LogP contribution >= 0.6 is 0 Å². The van der Waals surface area contributed by atoms with Gasteiger partial charge >= 0.3 is 21.7 Å². The van der Waals surface area contributed by atoms with Crippen molar-refractivity contribution in [3.63, 3.8) is 0 Å². The topological polar surface area (TPSA) is 92.2 Å². The Hall–Kier alpha value is -1.13. The van der Waals surface area contributed by atoms with Gasteiger partial charge in [-0.15, -0.1) is 49.4 Å².